The third-order valence-electron chi connectivity index (χ3n) is 5.59. The van der Waals surface area contributed by atoms with E-state index in [1.54, 1.807) is 32.0 Å². The number of esters is 1. The Morgan fingerprint density at radius 1 is 1.03 bits per heavy atom. The topological polar surface area (TPSA) is 97.8 Å². The average Bonchev–Trinajstić information content (AvgIpc) is 2.81. The summed E-state index contributed by atoms with van der Waals surface area (Å²) in [4.78, 5) is 29.2. The van der Waals surface area contributed by atoms with Crippen LogP contribution in [0.15, 0.2) is 54.7 Å². The molecule has 9 heteroatoms. The maximum Gasteiger partial charge on any atom is 0.328 e. The molecule has 1 heterocycles. The molecule has 2 aromatic carbocycles. The molecule has 0 aliphatic carbocycles. The standard InChI is InChI=1S/C26H26F2N2O5/c1-14-13-19(28)9-10-20(14)22(17-5-7-18(27)8-6-17)16(3)35-26(33)15(2)30-25(32)23-24(31)21(34-4)11-12-29-23/h5-13,15-16,22,31H,1-4H3,(H,30,32)/t15-,16-,22-/m0/s1. The van der Waals surface area contributed by atoms with Gasteiger partial charge < -0.3 is 19.9 Å². The maximum absolute atomic E-state index is 13.7. The van der Waals surface area contributed by atoms with Crippen LogP contribution in [0.2, 0.25) is 0 Å². The van der Waals surface area contributed by atoms with Crippen LogP contribution in [0.3, 0.4) is 0 Å². The fraction of sp³-hybridized carbons (Fsp3) is 0.269. The van der Waals surface area contributed by atoms with Gasteiger partial charge in [-0.2, -0.15) is 0 Å². The number of carbonyl (C=O) groups excluding carboxylic acids is 2. The lowest BCUT2D eigenvalue weighted by Crippen LogP contribution is -2.41. The van der Waals surface area contributed by atoms with E-state index >= 15 is 0 Å². The molecule has 0 saturated carbocycles. The Morgan fingerprint density at radius 2 is 1.69 bits per heavy atom. The molecule has 184 valence electrons. The van der Waals surface area contributed by atoms with E-state index in [-0.39, 0.29) is 11.4 Å². The molecule has 3 aromatic rings. The zero-order valence-electron chi connectivity index (χ0n) is 19.7. The highest BCUT2D eigenvalue weighted by molar-refractivity contribution is 5.97. The van der Waals surface area contributed by atoms with Gasteiger partial charge in [-0.15, -0.1) is 0 Å². The quantitative estimate of drug-likeness (QED) is 0.464. The number of methoxy groups -OCH3 is 1. The van der Waals surface area contributed by atoms with Crippen molar-refractivity contribution in [2.24, 2.45) is 0 Å². The van der Waals surface area contributed by atoms with Gasteiger partial charge in [0.05, 0.1) is 7.11 Å². The fourth-order valence-electron chi connectivity index (χ4n) is 3.81. The number of aromatic hydroxyl groups is 1. The highest BCUT2D eigenvalue weighted by Gasteiger charge is 2.29. The maximum atomic E-state index is 13.7. The Balaban J connectivity index is 1.80. The number of hydrogen-bond donors (Lipinski definition) is 2. The highest BCUT2D eigenvalue weighted by Crippen LogP contribution is 2.33. The zero-order valence-corrected chi connectivity index (χ0v) is 19.7. The van der Waals surface area contributed by atoms with Gasteiger partial charge in [0.1, 0.15) is 23.8 Å². The summed E-state index contributed by atoms with van der Waals surface area (Å²) in [7, 11) is 1.33. The van der Waals surface area contributed by atoms with Crippen LogP contribution in [-0.4, -0.2) is 41.2 Å². The number of amides is 1. The molecule has 0 radical (unpaired) electrons. The minimum atomic E-state index is -1.08. The second-order valence-electron chi connectivity index (χ2n) is 8.08. The van der Waals surface area contributed by atoms with E-state index in [4.69, 9.17) is 9.47 Å². The Kier molecular flexibility index (Phi) is 8.01. The Bertz CT molecular complexity index is 1220. The van der Waals surface area contributed by atoms with Crippen molar-refractivity contribution < 1.29 is 33.0 Å². The van der Waals surface area contributed by atoms with Crippen LogP contribution >= 0.6 is 0 Å². The van der Waals surface area contributed by atoms with Gasteiger partial charge in [-0.1, -0.05) is 18.2 Å². The van der Waals surface area contributed by atoms with E-state index in [1.807, 2.05) is 0 Å². The molecular weight excluding hydrogens is 458 g/mol. The molecule has 0 spiro atoms. The van der Waals surface area contributed by atoms with Crippen molar-refractivity contribution in [1.82, 2.24) is 10.3 Å². The van der Waals surface area contributed by atoms with Gasteiger partial charge in [0.25, 0.3) is 5.91 Å². The summed E-state index contributed by atoms with van der Waals surface area (Å²) in [5, 5.41) is 12.6. The van der Waals surface area contributed by atoms with E-state index in [1.165, 1.54) is 50.6 Å². The molecule has 0 bridgehead atoms. The van der Waals surface area contributed by atoms with Gasteiger partial charge in [-0.3, -0.25) is 4.79 Å². The first-order valence-electron chi connectivity index (χ1n) is 10.9. The second-order valence-corrected chi connectivity index (χ2v) is 8.08. The van der Waals surface area contributed by atoms with E-state index in [9.17, 15) is 23.5 Å². The van der Waals surface area contributed by atoms with Crippen molar-refractivity contribution in [2.45, 2.75) is 38.8 Å². The first-order valence-corrected chi connectivity index (χ1v) is 10.9. The molecule has 35 heavy (non-hydrogen) atoms. The minimum absolute atomic E-state index is 0.0609. The summed E-state index contributed by atoms with van der Waals surface area (Å²) in [6.45, 7) is 4.83. The molecule has 0 aliphatic heterocycles. The summed E-state index contributed by atoms with van der Waals surface area (Å²) in [6.07, 6.45) is 0.538. The van der Waals surface area contributed by atoms with Crippen molar-refractivity contribution in [1.29, 1.82) is 0 Å². The van der Waals surface area contributed by atoms with Gasteiger partial charge in [0.15, 0.2) is 17.2 Å². The van der Waals surface area contributed by atoms with Gasteiger partial charge in [0, 0.05) is 18.2 Å². The first kappa shape index (κ1) is 25.6. The third-order valence-corrected chi connectivity index (χ3v) is 5.59. The van der Waals surface area contributed by atoms with Crippen LogP contribution in [0.4, 0.5) is 8.78 Å². The predicted molar refractivity (Wildman–Crippen MR) is 124 cm³/mol. The van der Waals surface area contributed by atoms with Crippen molar-refractivity contribution in [2.75, 3.05) is 7.11 Å². The lowest BCUT2D eigenvalue weighted by Gasteiger charge is -2.27. The number of aryl methyl sites for hydroxylation is 1. The average molecular weight is 484 g/mol. The summed E-state index contributed by atoms with van der Waals surface area (Å²) >= 11 is 0. The van der Waals surface area contributed by atoms with Crippen LogP contribution in [-0.2, 0) is 9.53 Å². The molecule has 1 aromatic heterocycles. The van der Waals surface area contributed by atoms with Crippen LogP contribution < -0.4 is 10.1 Å². The largest absolute Gasteiger partial charge is 0.503 e. The van der Waals surface area contributed by atoms with Crippen molar-refractivity contribution >= 4 is 11.9 Å². The molecule has 0 saturated heterocycles. The molecule has 7 nitrogen and oxygen atoms in total. The summed E-state index contributed by atoms with van der Waals surface area (Å²) in [6, 6.07) is 10.3. The first-order chi connectivity index (χ1) is 16.6. The smallest absolute Gasteiger partial charge is 0.328 e. The van der Waals surface area contributed by atoms with Crippen LogP contribution in [0.1, 0.15) is 46.9 Å². The van der Waals surface area contributed by atoms with E-state index in [0.717, 1.165) is 0 Å². The number of benzene rings is 2. The number of nitrogens with one attached hydrogen (secondary N) is 1. The molecule has 3 atom stereocenters. The van der Waals surface area contributed by atoms with Crippen molar-refractivity contribution in [3.63, 3.8) is 0 Å². The number of pyridine rings is 1. The molecule has 3 rings (SSSR count). The van der Waals surface area contributed by atoms with Crippen LogP contribution in [0.5, 0.6) is 11.5 Å². The Morgan fingerprint density at radius 3 is 2.31 bits per heavy atom. The van der Waals surface area contributed by atoms with Crippen molar-refractivity contribution in [3.05, 3.63) is 88.7 Å². The number of carbonyl (C=O) groups is 2. The molecule has 2 N–H and O–H groups in total. The number of ether oxygens (including phenoxy) is 2. The Labute approximate surface area is 201 Å². The molecule has 0 unspecified atom stereocenters. The normalized spacial score (nSPS) is 13.4. The van der Waals surface area contributed by atoms with Gasteiger partial charge >= 0.3 is 5.97 Å². The summed E-state index contributed by atoms with van der Waals surface area (Å²) in [5.74, 6) is -3.26. The van der Waals surface area contributed by atoms with E-state index in [0.29, 0.717) is 16.7 Å². The zero-order chi connectivity index (χ0) is 25.7. The number of aromatic nitrogens is 1. The van der Waals surface area contributed by atoms with E-state index < -0.39 is 47.3 Å². The van der Waals surface area contributed by atoms with Gasteiger partial charge in [-0.05, 0) is 61.7 Å². The number of hydrogen-bond acceptors (Lipinski definition) is 6. The third kappa shape index (κ3) is 5.92. The summed E-state index contributed by atoms with van der Waals surface area (Å²) < 4.78 is 37.9. The SMILES string of the molecule is COc1ccnc(C(=O)N[C@@H](C)C(=O)O[C@@H](C)[C@@H](c2ccc(F)cc2)c2ccc(F)cc2C)c1O. The fourth-order valence-corrected chi connectivity index (χ4v) is 3.81. The van der Waals surface area contributed by atoms with Gasteiger partial charge in [-0.25, -0.2) is 18.6 Å². The van der Waals surface area contributed by atoms with Crippen molar-refractivity contribution in [3.8, 4) is 11.5 Å². The predicted octanol–water partition coefficient (Wildman–Crippen LogP) is 4.26. The van der Waals surface area contributed by atoms with Crippen LogP contribution in [0.25, 0.3) is 0 Å². The van der Waals surface area contributed by atoms with Gasteiger partial charge in [0.2, 0.25) is 0 Å². The lowest BCUT2D eigenvalue weighted by atomic mass is 9.84. The number of rotatable bonds is 8. The minimum Gasteiger partial charge on any atom is -0.503 e. The van der Waals surface area contributed by atoms with E-state index in [2.05, 4.69) is 10.3 Å². The molecule has 0 fully saturated rings. The Hall–Kier alpha value is -4.01. The van der Waals surface area contributed by atoms with Crippen LogP contribution in [0, 0.1) is 18.6 Å². The molecular formula is C26H26F2N2O5. The number of nitrogens with zero attached hydrogens (tertiary/aromatic N) is 1. The second kappa shape index (κ2) is 10.9. The lowest BCUT2D eigenvalue weighted by molar-refractivity contribution is -0.150. The molecule has 0 aliphatic rings. The highest BCUT2D eigenvalue weighted by atomic mass is 19.1. The monoisotopic (exact) mass is 484 g/mol. The number of halogens is 2. The molecule has 1 amide bonds. The summed E-state index contributed by atoms with van der Waals surface area (Å²) in [5.41, 5.74) is 1.72.